The number of rotatable bonds is 5. The van der Waals surface area contributed by atoms with Crippen molar-refractivity contribution in [2.45, 2.75) is 12.5 Å². The van der Waals surface area contributed by atoms with E-state index < -0.39 is 29.9 Å². The molecule has 2 heterocycles. The van der Waals surface area contributed by atoms with Gasteiger partial charge in [-0.25, -0.2) is 9.78 Å². The van der Waals surface area contributed by atoms with Crippen LogP contribution in [0.15, 0.2) is 48.5 Å². The van der Waals surface area contributed by atoms with E-state index in [0.717, 1.165) is 10.4 Å². The Bertz CT molecular complexity index is 1070. The van der Waals surface area contributed by atoms with Crippen molar-refractivity contribution in [1.29, 1.82) is 0 Å². The number of para-hydroxylation sites is 2. The van der Waals surface area contributed by atoms with Crippen LogP contribution in [-0.4, -0.2) is 46.4 Å². The molecule has 2 aromatic carbocycles. The van der Waals surface area contributed by atoms with Crippen molar-refractivity contribution in [2.24, 2.45) is 0 Å². The predicted octanol–water partition coefficient (Wildman–Crippen LogP) is 1.98. The number of aromatic amines is 1. The Morgan fingerprint density at radius 2 is 1.90 bits per heavy atom. The number of fused-ring (bicyclic) bond motifs is 1. The Morgan fingerprint density at radius 1 is 1.17 bits per heavy atom. The number of ether oxygens (including phenoxy) is 1. The molecule has 1 fully saturated rings. The van der Waals surface area contributed by atoms with Gasteiger partial charge in [-0.15, -0.1) is 0 Å². The molecule has 29 heavy (non-hydrogen) atoms. The maximum Gasteiger partial charge on any atom is 0.325 e. The van der Waals surface area contributed by atoms with Crippen molar-refractivity contribution >= 4 is 34.8 Å². The molecule has 9 nitrogen and oxygen atoms in total. The van der Waals surface area contributed by atoms with Crippen LogP contribution in [0.5, 0.6) is 5.75 Å². The number of carbonyl (C=O) groups is 3. The lowest BCUT2D eigenvalue weighted by Gasteiger charge is -2.22. The van der Waals surface area contributed by atoms with Crippen LogP contribution in [0.1, 0.15) is 12.5 Å². The Morgan fingerprint density at radius 3 is 2.59 bits per heavy atom. The fourth-order valence-corrected chi connectivity index (χ4v) is 3.29. The van der Waals surface area contributed by atoms with Crippen molar-refractivity contribution in [3.63, 3.8) is 0 Å². The largest absolute Gasteiger partial charge is 0.497 e. The fourth-order valence-electron chi connectivity index (χ4n) is 3.29. The number of aromatic nitrogens is 2. The number of hydrogen-bond donors (Lipinski definition) is 3. The molecular formula is C20H19N5O4. The van der Waals surface area contributed by atoms with Gasteiger partial charge in [0.05, 0.1) is 18.1 Å². The molecule has 4 amide bonds. The molecule has 1 aliphatic heterocycles. The first-order valence-corrected chi connectivity index (χ1v) is 8.94. The van der Waals surface area contributed by atoms with Crippen LogP contribution in [0.25, 0.3) is 11.0 Å². The van der Waals surface area contributed by atoms with E-state index in [9.17, 15) is 14.4 Å². The van der Waals surface area contributed by atoms with Gasteiger partial charge in [0.1, 0.15) is 17.8 Å². The van der Waals surface area contributed by atoms with Crippen LogP contribution in [0.2, 0.25) is 0 Å². The molecule has 0 bridgehead atoms. The molecule has 0 radical (unpaired) electrons. The molecule has 9 heteroatoms. The van der Waals surface area contributed by atoms with Gasteiger partial charge in [-0.2, -0.15) is 0 Å². The summed E-state index contributed by atoms with van der Waals surface area (Å²) >= 11 is 0. The summed E-state index contributed by atoms with van der Waals surface area (Å²) in [6.45, 7) is 1.18. The third kappa shape index (κ3) is 3.27. The minimum absolute atomic E-state index is 0.251. The zero-order valence-electron chi connectivity index (χ0n) is 15.9. The smallest absolute Gasteiger partial charge is 0.325 e. The van der Waals surface area contributed by atoms with Gasteiger partial charge in [0, 0.05) is 0 Å². The molecule has 1 atom stereocenters. The third-order valence-electron chi connectivity index (χ3n) is 4.89. The number of amides is 4. The molecule has 0 spiro atoms. The van der Waals surface area contributed by atoms with Gasteiger partial charge in [0.2, 0.25) is 11.9 Å². The van der Waals surface area contributed by atoms with Gasteiger partial charge in [-0.1, -0.05) is 24.3 Å². The van der Waals surface area contributed by atoms with E-state index in [0.29, 0.717) is 16.8 Å². The number of benzene rings is 2. The minimum atomic E-state index is -1.26. The summed E-state index contributed by atoms with van der Waals surface area (Å²) in [4.78, 5) is 45.8. The van der Waals surface area contributed by atoms with Crippen LogP contribution >= 0.6 is 0 Å². The summed E-state index contributed by atoms with van der Waals surface area (Å²) < 4.78 is 5.12. The first-order chi connectivity index (χ1) is 13.9. The molecule has 0 unspecified atom stereocenters. The molecule has 1 saturated heterocycles. The van der Waals surface area contributed by atoms with E-state index in [1.807, 2.05) is 18.2 Å². The van der Waals surface area contributed by atoms with Crippen molar-refractivity contribution in [1.82, 2.24) is 20.2 Å². The highest BCUT2D eigenvalue weighted by atomic mass is 16.5. The van der Waals surface area contributed by atoms with Crippen molar-refractivity contribution < 1.29 is 19.1 Å². The number of urea groups is 1. The number of nitrogens with one attached hydrogen (secondary N) is 3. The van der Waals surface area contributed by atoms with Gasteiger partial charge in [0.25, 0.3) is 5.91 Å². The summed E-state index contributed by atoms with van der Waals surface area (Å²) in [6, 6.07) is 13.5. The standard InChI is InChI=1S/C20H19N5O4/c1-20(12-7-9-13(29-2)10-8-12)17(27)25(19(28)24-20)11-16(26)23-18-21-14-5-3-4-6-15(14)22-18/h3-10H,11H2,1-2H3,(H,24,28)(H2,21,22,23,26)/t20-/m1/s1. The van der Waals surface area contributed by atoms with E-state index in [1.165, 1.54) is 0 Å². The molecule has 1 aliphatic rings. The highest BCUT2D eigenvalue weighted by Gasteiger charge is 2.49. The van der Waals surface area contributed by atoms with Crippen LogP contribution in [0.3, 0.4) is 0 Å². The van der Waals surface area contributed by atoms with Crippen molar-refractivity contribution in [3.8, 4) is 5.75 Å². The Hall–Kier alpha value is -3.88. The molecule has 1 aromatic heterocycles. The summed E-state index contributed by atoms with van der Waals surface area (Å²) in [5.41, 5.74) is 0.801. The van der Waals surface area contributed by atoms with E-state index >= 15 is 0 Å². The first kappa shape index (κ1) is 18.5. The van der Waals surface area contributed by atoms with Gasteiger partial charge >= 0.3 is 6.03 Å². The monoisotopic (exact) mass is 393 g/mol. The fraction of sp³-hybridized carbons (Fsp3) is 0.200. The summed E-state index contributed by atoms with van der Waals surface area (Å²) in [5, 5.41) is 5.25. The van der Waals surface area contributed by atoms with Crippen LogP contribution in [0, 0.1) is 0 Å². The predicted molar refractivity (Wildman–Crippen MR) is 105 cm³/mol. The zero-order chi connectivity index (χ0) is 20.6. The number of methoxy groups -OCH3 is 1. The highest BCUT2D eigenvalue weighted by molar-refractivity contribution is 6.10. The van der Waals surface area contributed by atoms with Crippen molar-refractivity contribution in [2.75, 3.05) is 19.0 Å². The van der Waals surface area contributed by atoms with Crippen LogP contribution in [0.4, 0.5) is 10.7 Å². The van der Waals surface area contributed by atoms with E-state index in [4.69, 9.17) is 4.74 Å². The van der Waals surface area contributed by atoms with E-state index in [-0.39, 0.29) is 5.95 Å². The second-order valence-corrected chi connectivity index (χ2v) is 6.83. The van der Waals surface area contributed by atoms with Gasteiger partial charge in [-0.05, 0) is 36.8 Å². The number of anilines is 1. The maximum atomic E-state index is 12.9. The molecule has 148 valence electrons. The highest BCUT2D eigenvalue weighted by Crippen LogP contribution is 2.30. The Balaban J connectivity index is 1.48. The third-order valence-corrected chi connectivity index (χ3v) is 4.89. The molecule has 3 aromatic rings. The normalized spacial score (nSPS) is 18.8. The number of carbonyl (C=O) groups excluding carboxylic acids is 3. The molecule has 4 rings (SSSR count). The summed E-state index contributed by atoms with van der Waals surface area (Å²) in [5.74, 6) is -0.156. The number of nitrogens with zero attached hydrogens (tertiary/aromatic N) is 2. The van der Waals surface area contributed by atoms with Crippen molar-refractivity contribution in [3.05, 3.63) is 54.1 Å². The van der Waals surface area contributed by atoms with Gasteiger partial charge < -0.3 is 15.0 Å². The lowest BCUT2D eigenvalue weighted by Crippen LogP contribution is -2.42. The molecule has 3 N–H and O–H groups in total. The second kappa shape index (κ2) is 6.93. The zero-order valence-corrected chi connectivity index (χ0v) is 15.9. The summed E-state index contributed by atoms with van der Waals surface area (Å²) in [6.07, 6.45) is 0. The second-order valence-electron chi connectivity index (χ2n) is 6.83. The average molecular weight is 393 g/mol. The SMILES string of the molecule is COc1ccc([C@@]2(C)NC(=O)N(CC(=O)Nc3nc4ccccc4[nH]3)C2=O)cc1. The molecular weight excluding hydrogens is 374 g/mol. The molecule has 0 aliphatic carbocycles. The van der Waals surface area contributed by atoms with Crippen LogP contribution in [-0.2, 0) is 15.1 Å². The average Bonchev–Trinajstić information content (AvgIpc) is 3.22. The Kier molecular flexibility index (Phi) is 4.42. The first-order valence-electron chi connectivity index (χ1n) is 8.94. The topological polar surface area (TPSA) is 116 Å². The lowest BCUT2D eigenvalue weighted by atomic mass is 9.92. The van der Waals surface area contributed by atoms with Crippen LogP contribution < -0.4 is 15.4 Å². The number of imidazole rings is 1. The molecule has 0 saturated carbocycles. The minimum Gasteiger partial charge on any atom is -0.497 e. The number of imide groups is 1. The maximum absolute atomic E-state index is 12.9. The van der Waals surface area contributed by atoms with E-state index in [1.54, 1.807) is 44.4 Å². The number of H-pyrrole nitrogens is 1. The number of hydrogen-bond acceptors (Lipinski definition) is 5. The van der Waals surface area contributed by atoms with Gasteiger partial charge in [-0.3, -0.25) is 19.8 Å². The lowest BCUT2D eigenvalue weighted by molar-refractivity contribution is -0.133. The quantitative estimate of drug-likeness (QED) is 0.573. The van der Waals surface area contributed by atoms with E-state index in [2.05, 4.69) is 20.6 Å². The summed E-state index contributed by atoms with van der Waals surface area (Å²) in [7, 11) is 1.54. The Labute approximate surface area is 166 Å². The van der Waals surface area contributed by atoms with Gasteiger partial charge in [0.15, 0.2) is 0 Å².